The molecule has 1 aromatic carbocycles. The van der Waals surface area contributed by atoms with Gasteiger partial charge in [-0.1, -0.05) is 56.1 Å². The van der Waals surface area contributed by atoms with E-state index in [4.69, 9.17) is 27.9 Å². The fraction of sp³-hybridized carbons (Fsp3) is 0.333. The van der Waals surface area contributed by atoms with Crippen LogP contribution in [0.2, 0.25) is 10.2 Å². The molecule has 0 N–H and O–H groups in total. The Labute approximate surface area is 128 Å². The summed E-state index contributed by atoms with van der Waals surface area (Å²) in [4.78, 5) is 8.62. The predicted octanol–water partition coefficient (Wildman–Crippen LogP) is 4.66. The largest absolute Gasteiger partial charge is 0.473 e. The van der Waals surface area contributed by atoms with Gasteiger partial charge in [0.05, 0.1) is 0 Å². The zero-order chi connectivity index (χ0) is 14.8. The highest BCUT2D eigenvalue weighted by Crippen LogP contribution is 2.23. The van der Waals surface area contributed by atoms with E-state index in [1.165, 1.54) is 0 Å². The molecule has 5 heteroatoms. The maximum absolute atomic E-state index is 6.01. The summed E-state index contributed by atoms with van der Waals surface area (Å²) in [6, 6.07) is 9.12. The molecule has 0 aliphatic carbocycles. The maximum Gasteiger partial charge on any atom is 0.218 e. The Morgan fingerprint density at radius 2 is 1.85 bits per heavy atom. The summed E-state index contributed by atoms with van der Waals surface area (Å²) in [6.45, 7) is 6.47. The van der Waals surface area contributed by atoms with Crippen molar-refractivity contribution < 1.29 is 4.74 Å². The van der Waals surface area contributed by atoms with Crippen molar-refractivity contribution in [1.82, 2.24) is 9.97 Å². The van der Waals surface area contributed by atoms with Crippen molar-refractivity contribution in [3.63, 3.8) is 0 Å². The van der Waals surface area contributed by atoms with Crippen LogP contribution in [-0.4, -0.2) is 9.97 Å². The zero-order valence-corrected chi connectivity index (χ0v) is 13.2. The molecule has 0 fully saturated rings. The van der Waals surface area contributed by atoms with Gasteiger partial charge < -0.3 is 4.74 Å². The Morgan fingerprint density at radius 3 is 2.50 bits per heavy atom. The number of ether oxygens (including phenoxy) is 1. The standard InChI is InChI=1S/C15H16Cl2N2O/c1-15(2,3)14-18-12(17)8-13(19-14)20-9-10-5-4-6-11(16)7-10/h4-8H,9H2,1-3H3. The number of aromatic nitrogens is 2. The number of hydrogen-bond acceptors (Lipinski definition) is 3. The normalized spacial score (nSPS) is 11.4. The van der Waals surface area contributed by atoms with Gasteiger partial charge in [-0.25, -0.2) is 4.98 Å². The van der Waals surface area contributed by atoms with Crippen LogP contribution in [0.5, 0.6) is 5.88 Å². The van der Waals surface area contributed by atoms with Gasteiger partial charge in [0, 0.05) is 16.5 Å². The predicted molar refractivity (Wildman–Crippen MR) is 81.5 cm³/mol. The lowest BCUT2D eigenvalue weighted by atomic mass is 9.96. The van der Waals surface area contributed by atoms with Crippen molar-refractivity contribution in [3.8, 4) is 5.88 Å². The molecule has 106 valence electrons. The van der Waals surface area contributed by atoms with Gasteiger partial charge in [-0.2, -0.15) is 4.98 Å². The molecule has 2 aromatic rings. The van der Waals surface area contributed by atoms with Crippen LogP contribution in [0.3, 0.4) is 0 Å². The van der Waals surface area contributed by atoms with Crippen LogP contribution in [0, 0.1) is 0 Å². The van der Waals surface area contributed by atoms with E-state index in [2.05, 4.69) is 9.97 Å². The van der Waals surface area contributed by atoms with Gasteiger partial charge in [-0.15, -0.1) is 0 Å². The van der Waals surface area contributed by atoms with Gasteiger partial charge in [-0.05, 0) is 17.7 Å². The SMILES string of the molecule is CC(C)(C)c1nc(Cl)cc(OCc2cccc(Cl)c2)n1. The highest BCUT2D eigenvalue weighted by Gasteiger charge is 2.19. The summed E-state index contributed by atoms with van der Waals surface area (Å²) < 4.78 is 5.67. The van der Waals surface area contributed by atoms with E-state index in [0.717, 1.165) is 5.56 Å². The van der Waals surface area contributed by atoms with Gasteiger partial charge in [-0.3, -0.25) is 0 Å². The molecule has 1 aromatic heterocycles. The van der Waals surface area contributed by atoms with Gasteiger partial charge in [0.2, 0.25) is 5.88 Å². The Bertz CT molecular complexity index is 609. The Morgan fingerprint density at radius 1 is 1.10 bits per heavy atom. The second kappa shape index (κ2) is 5.98. The van der Waals surface area contributed by atoms with Crippen LogP contribution in [0.25, 0.3) is 0 Å². The number of rotatable bonds is 3. The van der Waals surface area contributed by atoms with Crippen LogP contribution in [-0.2, 0) is 12.0 Å². The van der Waals surface area contributed by atoms with Gasteiger partial charge >= 0.3 is 0 Å². The number of halogens is 2. The molecule has 3 nitrogen and oxygen atoms in total. The molecule has 20 heavy (non-hydrogen) atoms. The van der Waals surface area contributed by atoms with E-state index in [1.54, 1.807) is 6.07 Å². The molecule has 1 heterocycles. The highest BCUT2D eigenvalue weighted by molar-refractivity contribution is 6.30. The molecule has 0 saturated heterocycles. The number of hydrogen-bond donors (Lipinski definition) is 0. The molecule has 0 spiro atoms. The lowest BCUT2D eigenvalue weighted by Crippen LogP contribution is -2.16. The van der Waals surface area contributed by atoms with Crippen LogP contribution >= 0.6 is 23.2 Å². The quantitative estimate of drug-likeness (QED) is 0.773. The number of nitrogens with zero attached hydrogens (tertiary/aromatic N) is 2. The second-order valence-electron chi connectivity index (χ2n) is 5.52. The van der Waals surface area contributed by atoms with Crippen molar-refractivity contribution in [2.75, 3.05) is 0 Å². The fourth-order valence-corrected chi connectivity index (χ4v) is 1.98. The van der Waals surface area contributed by atoms with E-state index in [0.29, 0.717) is 28.5 Å². The molecule has 0 amide bonds. The molecule has 2 rings (SSSR count). The monoisotopic (exact) mass is 310 g/mol. The van der Waals surface area contributed by atoms with Crippen LogP contribution in [0.4, 0.5) is 0 Å². The lowest BCUT2D eigenvalue weighted by Gasteiger charge is -2.17. The third kappa shape index (κ3) is 4.09. The summed E-state index contributed by atoms with van der Waals surface area (Å²) >= 11 is 11.9. The smallest absolute Gasteiger partial charge is 0.218 e. The third-order valence-corrected chi connectivity index (χ3v) is 3.05. The van der Waals surface area contributed by atoms with E-state index in [-0.39, 0.29) is 5.41 Å². The first-order valence-corrected chi connectivity index (χ1v) is 7.02. The van der Waals surface area contributed by atoms with Crippen LogP contribution in [0.1, 0.15) is 32.2 Å². The molecule has 0 aliphatic heterocycles. The molecule has 0 unspecified atom stereocenters. The summed E-state index contributed by atoms with van der Waals surface area (Å²) in [6.07, 6.45) is 0. The van der Waals surface area contributed by atoms with Crippen molar-refractivity contribution in [2.45, 2.75) is 32.8 Å². The van der Waals surface area contributed by atoms with Crippen molar-refractivity contribution in [3.05, 3.63) is 51.9 Å². The Balaban J connectivity index is 2.16. The van der Waals surface area contributed by atoms with E-state index >= 15 is 0 Å². The van der Waals surface area contributed by atoms with Gasteiger partial charge in [0.1, 0.15) is 17.6 Å². The molecular formula is C15H16Cl2N2O. The number of benzene rings is 1. The van der Waals surface area contributed by atoms with Crippen LogP contribution in [0.15, 0.2) is 30.3 Å². The van der Waals surface area contributed by atoms with E-state index in [1.807, 2.05) is 45.0 Å². The Hall–Kier alpha value is -1.32. The lowest BCUT2D eigenvalue weighted by molar-refractivity contribution is 0.290. The minimum absolute atomic E-state index is 0.181. The van der Waals surface area contributed by atoms with E-state index in [9.17, 15) is 0 Å². The first kappa shape index (κ1) is 15.1. The summed E-state index contributed by atoms with van der Waals surface area (Å²) in [5.41, 5.74) is 0.795. The molecule has 0 bridgehead atoms. The molecular weight excluding hydrogens is 295 g/mol. The maximum atomic E-state index is 6.01. The average Bonchev–Trinajstić information content (AvgIpc) is 2.35. The summed E-state index contributed by atoms with van der Waals surface area (Å²) in [5, 5.41) is 1.06. The molecule has 0 radical (unpaired) electrons. The van der Waals surface area contributed by atoms with Gasteiger partial charge in [0.25, 0.3) is 0 Å². The van der Waals surface area contributed by atoms with Crippen molar-refractivity contribution >= 4 is 23.2 Å². The summed E-state index contributed by atoms with van der Waals surface area (Å²) in [7, 11) is 0. The molecule has 0 aliphatic rings. The van der Waals surface area contributed by atoms with E-state index < -0.39 is 0 Å². The first-order valence-electron chi connectivity index (χ1n) is 6.27. The minimum Gasteiger partial charge on any atom is -0.473 e. The van der Waals surface area contributed by atoms with Gasteiger partial charge in [0.15, 0.2) is 0 Å². The Kier molecular flexibility index (Phi) is 4.51. The van der Waals surface area contributed by atoms with Crippen LogP contribution < -0.4 is 4.74 Å². The topological polar surface area (TPSA) is 35.0 Å². The highest BCUT2D eigenvalue weighted by atomic mass is 35.5. The fourth-order valence-electron chi connectivity index (χ4n) is 1.59. The van der Waals surface area contributed by atoms with Crippen molar-refractivity contribution in [2.24, 2.45) is 0 Å². The first-order chi connectivity index (χ1) is 9.34. The van der Waals surface area contributed by atoms with Crippen molar-refractivity contribution in [1.29, 1.82) is 0 Å². The molecule has 0 atom stereocenters. The zero-order valence-electron chi connectivity index (χ0n) is 11.7. The summed E-state index contributed by atoms with van der Waals surface area (Å²) in [5.74, 6) is 1.13. The molecule has 0 saturated carbocycles. The minimum atomic E-state index is -0.181. The third-order valence-electron chi connectivity index (χ3n) is 2.62. The average molecular weight is 311 g/mol. The second-order valence-corrected chi connectivity index (χ2v) is 6.34.